The Morgan fingerprint density at radius 1 is 1.13 bits per heavy atom. The summed E-state index contributed by atoms with van der Waals surface area (Å²) >= 11 is 1.45. The lowest BCUT2D eigenvalue weighted by Crippen LogP contribution is -2.40. The van der Waals surface area contributed by atoms with Crippen molar-refractivity contribution < 1.29 is 19.1 Å². The van der Waals surface area contributed by atoms with Crippen molar-refractivity contribution in [2.24, 2.45) is 5.41 Å². The molecule has 2 aliphatic heterocycles. The fraction of sp³-hybridized carbons (Fsp3) is 0.636. The van der Waals surface area contributed by atoms with E-state index in [1.54, 1.807) is 12.2 Å². The van der Waals surface area contributed by atoms with Gasteiger partial charge in [-0.3, -0.25) is 5.32 Å². The first-order chi connectivity index (χ1) is 15.2. The van der Waals surface area contributed by atoms with Gasteiger partial charge in [-0.2, -0.15) is 0 Å². The normalized spacial score (nSPS) is 21.5. The Kier molecular flexibility index (Phi) is 5.90. The number of nitrogens with zero attached hydrogens (tertiary/aromatic N) is 3. The lowest BCUT2D eigenvalue weighted by atomic mass is 9.77. The van der Waals surface area contributed by atoms with Crippen molar-refractivity contribution in [1.82, 2.24) is 10.0 Å². The molecule has 1 amide bonds. The first-order valence-corrected chi connectivity index (χ1v) is 12.0. The zero-order chi connectivity index (χ0) is 21.3. The van der Waals surface area contributed by atoms with Gasteiger partial charge in [-0.1, -0.05) is 24.2 Å². The molecule has 0 bridgehead atoms. The standard InChI is InChI=1S/C22H30N4O4S/c1-28-17-5-4-16(25-12-14-29-15-13-25)19-18(17)23-20(31-19)24-21(27)30-26-10-8-22(9-11-26)6-2-3-7-22/h4-5H,2-3,6-15H2,1H3,(H,23,24,27). The molecule has 9 heteroatoms. The van der Waals surface area contributed by atoms with Crippen molar-refractivity contribution in [1.29, 1.82) is 0 Å². The largest absolute Gasteiger partial charge is 0.494 e. The number of nitrogens with one attached hydrogen (secondary N) is 1. The van der Waals surface area contributed by atoms with Crippen LogP contribution in [-0.2, 0) is 9.57 Å². The molecule has 1 spiro atoms. The summed E-state index contributed by atoms with van der Waals surface area (Å²) in [5.74, 6) is 0.697. The number of rotatable bonds is 4. The third kappa shape index (κ3) is 4.31. The van der Waals surface area contributed by atoms with Crippen LogP contribution in [0.25, 0.3) is 10.2 Å². The average molecular weight is 447 g/mol. The molecular formula is C22H30N4O4S. The summed E-state index contributed by atoms with van der Waals surface area (Å²) in [5.41, 5.74) is 2.35. The fourth-order valence-electron chi connectivity index (χ4n) is 5.15. The van der Waals surface area contributed by atoms with Crippen LogP contribution in [0.4, 0.5) is 15.6 Å². The molecule has 31 heavy (non-hydrogen) atoms. The van der Waals surface area contributed by atoms with E-state index >= 15 is 0 Å². The minimum Gasteiger partial charge on any atom is -0.494 e. The topological polar surface area (TPSA) is 76.2 Å². The molecule has 1 aromatic heterocycles. The number of ether oxygens (including phenoxy) is 2. The van der Waals surface area contributed by atoms with Gasteiger partial charge >= 0.3 is 6.09 Å². The number of thiazole rings is 1. The highest BCUT2D eigenvalue weighted by Crippen LogP contribution is 2.46. The molecule has 3 fully saturated rings. The highest BCUT2D eigenvalue weighted by Gasteiger charge is 2.37. The third-order valence-corrected chi connectivity index (χ3v) is 7.92. The maximum atomic E-state index is 12.5. The molecule has 8 nitrogen and oxygen atoms in total. The molecule has 1 aliphatic carbocycles. The first-order valence-electron chi connectivity index (χ1n) is 11.2. The number of carbonyl (C=O) groups excluding carboxylic acids is 1. The van der Waals surface area contributed by atoms with Crippen LogP contribution in [0.1, 0.15) is 38.5 Å². The lowest BCUT2D eigenvalue weighted by Gasteiger charge is -2.37. The number of piperidine rings is 1. The Morgan fingerprint density at radius 2 is 1.87 bits per heavy atom. The number of anilines is 2. The minimum atomic E-state index is -0.478. The SMILES string of the molecule is COc1ccc(N2CCOCC2)c2sc(NC(=O)ON3CCC4(CCCC4)CC3)nc12. The second-order valence-corrected chi connectivity index (χ2v) is 9.72. The number of hydrogen-bond donors (Lipinski definition) is 1. The van der Waals surface area contributed by atoms with E-state index in [4.69, 9.17) is 14.3 Å². The predicted molar refractivity (Wildman–Crippen MR) is 121 cm³/mol. The molecule has 5 rings (SSSR count). The number of methoxy groups -OCH3 is 1. The second kappa shape index (κ2) is 8.80. The van der Waals surface area contributed by atoms with Crippen LogP contribution in [0.5, 0.6) is 5.75 Å². The quantitative estimate of drug-likeness (QED) is 0.752. The zero-order valence-electron chi connectivity index (χ0n) is 18.0. The molecule has 0 unspecified atom stereocenters. The van der Waals surface area contributed by atoms with Gasteiger partial charge in [0.05, 0.1) is 30.7 Å². The van der Waals surface area contributed by atoms with E-state index < -0.39 is 6.09 Å². The summed E-state index contributed by atoms with van der Waals surface area (Å²) in [7, 11) is 1.64. The first kappa shape index (κ1) is 20.8. The number of fused-ring (bicyclic) bond motifs is 1. The van der Waals surface area contributed by atoms with Gasteiger partial charge < -0.3 is 19.2 Å². The predicted octanol–water partition coefficient (Wildman–Crippen LogP) is 4.26. The van der Waals surface area contributed by atoms with E-state index in [9.17, 15) is 4.79 Å². The molecule has 168 valence electrons. The summed E-state index contributed by atoms with van der Waals surface area (Å²) < 4.78 is 12.0. The Balaban J connectivity index is 1.27. The maximum Gasteiger partial charge on any atom is 0.432 e. The Labute approximate surface area is 186 Å². The molecule has 3 heterocycles. The summed E-state index contributed by atoms with van der Waals surface area (Å²) in [6.45, 7) is 4.70. The van der Waals surface area contributed by atoms with Gasteiger partial charge in [-0.25, -0.2) is 9.78 Å². The summed E-state index contributed by atoms with van der Waals surface area (Å²) in [4.78, 5) is 25.1. The molecule has 0 atom stereocenters. The average Bonchev–Trinajstić information content (AvgIpc) is 3.42. The van der Waals surface area contributed by atoms with Gasteiger partial charge in [-0.15, -0.1) is 5.06 Å². The van der Waals surface area contributed by atoms with Gasteiger partial charge in [0, 0.05) is 26.2 Å². The van der Waals surface area contributed by atoms with E-state index in [1.807, 2.05) is 6.07 Å². The third-order valence-electron chi connectivity index (χ3n) is 6.93. The van der Waals surface area contributed by atoms with Gasteiger partial charge in [0.15, 0.2) is 5.13 Å². The van der Waals surface area contributed by atoms with Crippen LogP contribution < -0.4 is 15.0 Å². The molecule has 0 radical (unpaired) electrons. The van der Waals surface area contributed by atoms with Crippen LogP contribution in [-0.4, -0.2) is 62.6 Å². The number of aromatic nitrogens is 1. The number of carbonyl (C=O) groups is 1. The van der Waals surface area contributed by atoms with Crippen LogP contribution >= 0.6 is 11.3 Å². The Hall–Kier alpha value is -2.10. The zero-order valence-corrected chi connectivity index (χ0v) is 18.8. The van der Waals surface area contributed by atoms with Gasteiger partial charge in [-0.05, 0) is 43.2 Å². The number of hydrogen-bond acceptors (Lipinski definition) is 8. The fourth-order valence-corrected chi connectivity index (χ4v) is 6.15. The molecule has 1 saturated carbocycles. The molecular weight excluding hydrogens is 416 g/mol. The summed E-state index contributed by atoms with van der Waals surface area (Å²) in [6, 6.07) is 3.99. The molecule has 1 aromatic carbocycles. The van der Waals surface area contributed by atoms with Gasteiger partial charge in [0.2, 0.25) is 0 Å². The number of benzene rings is 1. The van der Waals surface area contributed by atoms with Crippen molar-refractivity contribution in [2.45, 2.75) is 38.5 Å². The Morgan fingerprint density at radius 3 is 2.58 bits per heavy atom. The number of hydroxylamine groups is 2. The van der Waals surface area contributed by atoms with E-state index in [0.717, 1.165) is 54.9 Å². The van der Waals surface area contributed by atoms with E-state index in [-0.39, 0.29) is 0 Å². The van der Waals surface area contributed by atoms with Crippen LogP contribution in [0.2, 0.25) is 0 Å². The maximum absolute atomic E-state index is 12.5. The van der Waals surface area contributed by atoms with Crippen molar-refractivity contribution in [3.8, 4) is 5.75 Å². The van der Waals surface area contributed by atoms with Crippen LogP contribution in [0.3, 0.4) is 0 Å². The van der Waals surface area contributed by atoms with E-state index in [2.05, 4.69) is 21.3 Å². The molecule has 2 saturated heterocycles. The highest BCUT2D eigenvalue weighted by molar-refractivity contribution is 7.23. The van der Waals surface area contributed by atoms with E-state index in [1.165, 1.54) is 37.0 Å². The minimum absolute atomic E-state index is 0.478. The summed E-state index contributed by atoms with van der Waals surface area (Å²) in [5, 5.41) is 5.14. The van der Waals surface area contributed by atoms with E-state index in [0.29, 0.717) is 29.5 Å². The van der Waals surface area contributed by atoms with Crippen molar-refractivity contribution in [3.63, 3.8) is 0 Å². The van der Waals surface area contributed by atoms with Crippen molar-refractivity contribution in [3.05, 3.63) is 12.1 Å². The number of amides is 1. The highest BCUT2D eigenvalue weighted by atomic mass is 32.1. The molecule has 2 aromatic rings. The Bertz CT molecular complexity index is 927. The second-order valence-electron chi connectivity index (χ2n) is 8.72. The van der Waals surface area contributed by atoms with Crippen LogP contribution in [0, 0.1) is 5.41 Å². The monoisotopic (exact) mass is 446 g/mol. The van der Waals surface area contributed by atoms with Crippen molar-refractivity contribution in [2.75, 3.05) is 56.7 Å². The van der Waals surface area contributed by atoms with Crippen molar-refractivity contribution >= 4 is 38.5 Å². The molecule has 1 N–H and O–H groups in total. The van der Waals surface area contributed by atoms with Gasteiger partial charge in [0.1, 0.15) is 11.3 Å². The summed E-state index contributed by atoms with van der Waals surface area (Å²) in [6.07, 6.45) is 7.08. The molecule has 3 aliphatic rings. The number of morpholine rings is 1. The van der Waals surface area contributed by atoms with Crippen LogP contribution in [0.15, 0.2) is 12.1 Å². The lowest BCUT2D eigenvalue weighted by molar-refractivity contribution is -0.125. The smallest absolute Gasteiger partial charge is 0.432 e. The van der Waals surface area contributed by atoms with Gasteiger partial charge in [0.25, 0.3) is 0 Å².